The third kappa shape index (κ3) is 8.09. The molecule has 4 rings (SSSR count). The number of aryl methyl sites for hydroxylation is 2. The minimum absolute atomic E-state index is 0.0314. The first-order valence-corrected chi connectivity index (χ1v) is 17.5. The normalized spacial score (nSPS) is 11.2. The summed E-state index contributed by atoms with van der Waals surface area (Å²) in [6.45, 7) is 11.6. The summed E-state index contributed by atoms with van der Waals surface area (Å²) in [5.41, 5.74) is 7.11. The molecule has 0 radical (unpaired) electrons. The molecule has 0 aliphatic heterocycles. The number of rotatable bonds is 6. The van der Waals surface area contributed by atoms with Gasteiger partial charge in [-0.15, -0.1) is 0 Å². The zero-order valence-electron chi connectivity index (χ0n) is 22.0. The zero-order chi connectivity index (χ0) is 27.0. The van der Waals surface area contributed by atoms with E-state index in [-0.39, 0.29) is 5.41 Å². The van der Waals surface area contributed by atoms with Crippen LogP contribution in [0, 0.1) is 13.8 Å². The van der Waals surface area contributed by atoms with Gasteiger partial charge in [-0.05, 0) is 77.2 Å². The number of para-hydroxylation sites is 2. The molecule has 4 aromatic rings. The van der Waals surface area contributed by atoms with Crippen LogP contribution in [-0.2, 0) is 29.0 Å². The fourth-order valence-electron chi connectivity index (χ4n) is 4.20. The molecular weight excluding hydrogens is 552 g/mol. The van der Waals surface area contributed by atoms with Crippen molar-refractivity contribution in [2.24, 2.45) is 0 Å². The molecule has 2 nitrogen and oxygen atoms in total. The van der Waals surface area contributed by atoms with Gasteiger partial charge in [-0.1, -0.05) is 90.0 Å². The molecule has 0 bridgehead atoms. The number of benzene rings is 4. The first kappa shape index (κ1) is 29.8. The van der Waals surface area contributed by atoms with Gasteiger partial charge in [0.2, 0.25) is 0 Å². The van der Waals surface area contributed by atoms with E-state index in [1.807, 2.05) is 6.92 Å². The van der Waals surface area contributed by atoms with Gasteiger partial charge in [0, 0.05) is 23.2 Å². The molecular formula is C31H34Cl2NOPTi. The molecule has 0 saturated carbocycles. The molecule has 0 heterocycles. The van der Waals surface area contributed by atoms with Crippen molar-refractivity contribution in [2.45, 2.75) is 46.6 Å². The van der Waals surface area contributed by atoms with Crippen LogP contribution in [0.15, 0.2) is 91.0 Å². The fourth-order valence-corrected chi connectivity index (χ4v) is 5.62. The Labute approximate surface area is 240 Å². The summed E-state index contributed by atoms with van der Waals surface area (Å²) in [5.74, 6) is 0.420. The minimum atomic E-state index is -0.556. The van der Waals surface area contributed by atoms with Crippen LogP contribution in [-0.4, -0.2) is 5.11 Å². The van der Waals surface area contributed by atoms with E-state index in [1.54, 1.807) is 0 Å². The summed E-state index contributed by atoms with van der Waals surface area (Å²) in [5, 5.41) is 13.3. The van der Waals surface area contributed by atoms with Crippen molar-refractivity contribution in [1.82, 2.24) is 0 Å². The Kier molecular flexibility index (Phi) is 11.1. The molecule has 0 fully saturated rings. The Morgan fingerprint density at radius 1 is 0.784 bits per heavy atom. The van der Waals surface area contributed by atoms with Gasteiger partial charge in [0.15, 0.2) is 0 Å². The molecule has 6 heteroatoms. The van der Waals surface area contributed by atoms with Gasteiger partial charge in [0.05, 0.1) is 0 Å². The van der Waals surface area contributed by atoms with Crippen molar-refractivity contribution in [3.05, 3.63) is 113 Å². The average Bonchev–Trinajstić information content (AvgIpc) is 2.87. The maximum absolute atomic E-state index is 11.0. The predicted molar refractivity (Wildman–Crippen MR) is 161 cm³/mol. The molecule has 0 aliphatic rings. The number of hydrogen-bond donors (Lipinski definition) is 1. The molecule has 1 unspecified atom stereocenters. The second-order valence-electron chi connectivity index (χ2n) is 10.0. The summed E-state index contributed by atoms with van der Waals surface area (Å²) < 4.78 is 0. The number of nitrogens with zero attached hydrogens (tertiary/aromatic N) is 1. The quantitative estimate of drug-likeness (QED) is 0.181. The summed E-state index contributed by atoms with van der Waals surface area (Å²) in [6.07, 6.45) is 0. The fraction of sp³-hybridized carbons (Fsp3) is 0.226. The molecule has 0 aliphatic carbocycles. The first-order valence-electron chi connectivity index (χ1n) is 12.2. The van der Waals surface area contributed by atoms with Crippen LogP contribution in [0.1, 0.15) is 43.0 Å². The van der Waals surface area contributed by atoms with E-state index in [4.69, 9.17) is 18.6 Å². The molecule has 1 N–H and O–H groups in total. The molecule has 1 atom stereocenters. The maximum atomic E-state index is 11.0. The third-order valence-electron chi connectivity index (χ3n) is 6.25. The third-order valence-corrected chi connectivity index (χ3v) is 7.87. The van der Waals surface area contributed by atoms with E-state index in [9.17, 15) is 5.11 Å². The molecule has 0 aromatic heterocycles. The van der Waals surface area contributed by atoms with Crippen molar-refractivity contribution >= 4 is 49.2 Å². The number of halogens is 2. The number of phenolic OH excluding ortho intramolecular Hbond substituents is 1. The summed E-state index contributed by atoms with van der Waals surface area (Å²) in [4.78, 5) is 2.36. The van der Waals surface area contributed by atoms with Crippen LogP contribution in [0.3, 0.4) is 0 Å². The first-order chi connectivity index (χ1) is 17.7. The number of aromatic hydroxyl groups is 1. The van der Waals surface area contributed by atoms with E-state index in [1.165, 1.54) is 22.0 Å². The molecule has 0 spiro atoms. The van der Waals surface area contributed by atoms with Gasteiger partial charge in [-0.2, -0.15) is 0 Å². The average molecular weight is 586 g/mol. The second kappa shape index (κ2) is 13.8. The van der Waals surface area contributed by atoms with Gasteiger partial charge in [0.1, 0.15) is 5.75 Å². The van der Waals surface area contributed by atoms with Crippen LogP contribution in [0.5, 0.6) is 5.75 Å². The van der Waals surface area contributed by atoms with Crippen molar-refractivity contribution in [2.75, 3.05) is 4.90 Å². The molecule has 37 heavy (non-hydrogen) atoms. The van der Waals surface area contributed by atoms with Crippen LogP contribution in [0.25, 0.3) is 0 Å². The SMILES string of the molecule is Cc1cc(C(C)(C)C)cc(Pc2c(C)cccc2CN(c2ccccc2)c2ccccc2)c1O.[Cl][Ti][Cl]. The van der Waals surface area contributed by atoms with Crippen molar-refractivity contribution < 1.29 is 22.1 Å². The van der Waals surface area contributed by atoms with Gasteiger partial charge in [-0.3, -0.25) is 0 Å². The van der Waals surface area contributed by atoms with Crippen molar-refractivity contribution in [1.29, 1.82) is 0 Å². The standard InChI is InChI=1S/C31H34NOP.2ClH.Ti/c1-22-13-12-14-24(21-32(26-15-8-6-9-16-26)27-17-10-7-11-18-27)30(22)34-28-20-25(31(3,4)5)19-23(2)29(28)33;;;/h6-20,33-34H,21H2,1-5H3;2*1H;/q;;;+2/p-2. The van der Waals surface area contributed by atoms with E-state index >= 15 is 0 Å². The molecule has 0 amide bonds. The van der Waals surface area contributed by atoms with Gasteiger partial charge < -0.3 is 10.0 Å². The van der Waals surface area contributed by atoms with Gasteiger partial charge >= 0.3 is 35.6 Å². The number of hydrogen-bond acceptors (Lipinski definition) is 2. The van der Waals surface area contributed by atoms with Crippen LogP contribution >= 0.6 is 27.2 Å². The second-order valence-corrected chi connectivity index (χ2v) is 13.9. The van der Waals surface area contributed by atoms with E-state index in [0.717, 1.165) is 28.8 Å². The van der Waals surface area contributed by atoms with Crippen molar-refractivity contribution in [3.63, 3.8) is 0 Å². The number of phenols is 1. The van der Waals surface area contributed by atoms with Crippen molar-refractivity contribution in [3.8, 4) is 5.75 Å². The van der Waals surface area contributed by atoms with Crippen LogP contribution in [0.4, 0.5) is 11.4 Å². The van der Waals surface area contributed by atoms with Crippen LogP contribution in [0.2, 0.25) is 0 Å². The Bertz CT molecular complexity index is 1250. The summed E-state index contributed by atoms with van der Waals surface area (Å²) in [7, 11) is 10.2. The van der Waals surface area contributed by atoms with E-state index in [0.29, 0.717) is 14.3 Å². The molecule has 0 saturated heterocycles. The van der Waals surface area contributed by atoms with Gasteiger partial charge in [-0.25, -0.2) is 0 Å². The zero-order valence-corrected chi connectivity index (χ0v) is 26.1. The monoisotopic (exact) mass is 585 g/mol. The Morgan fingerprint density at radius 3 is 1.84 bits per heavy atom. The van der Waals surface area contributed by atoms with E-state index in [2.05, 4.69) is 124 Å². The summed E-state index contributed by atoms with van der Waals surface area (Å²) in [6, 6.07) is 32.0. The Morgan fingerprint density at radius 2 is 1.32 bits per heavy atom. The Balaban J connectivity index is 0.00000121. The topological polar surface area (TPSA) is 23.5 Å². The summed E-state index contributed by atoms with van der Waals surface area (Å²) >= 11 is -0.556. The van der Waals surface area contributed by atoms with Crippen LogP contribution < -0.4 is 15.5 Å². The number of anilines is 2. The molecule has 192 valence electrons. The van der Waals surface area contributed by atoms with E-state index < -0.39 is 17.0 Å². The Hall–Kier alpha value is -1.80. The molecule has 4 aromatic carbocycles. The predicted octanol–water partition coefficient (Wildman–Crippen LogP) is 8.65. The van der Waals surface area contributed by atoms with Gasteiger partial charge in [0.25, 0.3) is 0 Å².